The van der Waals surface area contributed by atoms with Gasteiger partial charge in [0.05, 0.1) is 13.6 Å². The van der Waals surface area contributed by atoms with Gasteiger partial charge in [0.2, 0.25) is 0 Å². The van der Waals surface area contributed by atoms with Gasteiger partial charge in [-0.25, -0.2) is 4.58 Å². The summed E-state index contributed by atoms with van der Waals surface area (Å²) < 4.78 is 1.97. The lowest BCUT2D eigenvalue weighted by atomic mass is 10.4. The zero-order valence-corrected chi connectivity index (χ0v) is 7.51. The zero-order chi connectivity index (χ0) is 8.53. The fourth-order valence-corrected chi connectivity index (χ4v) is 0.726. The van der Waals surface area contributed by atoms with E-state index in [1.807, 2.05) is 11.6 Å². The molecule has 0 aliphatic carbocycles. The quantitative estimate of drug-likeness (QED) is 0.353. The van der Waals surface area contributed by atoms with Gasteiger partial charge in [-0.05, 0) is 18.0 Å². The summed E-state index contributed by atoms with van der Waals surface area (Å²) in [6.07, 6.45) is 2.09. The number of rotatable bonds is 5. The van der Waals surface area contributed by atoms with Gasteiger partial charge in [0.15, 0.2) is 0 Å². The molecule has 0 spiro atoms. The summed E-state index contributed by atoms with van der Waals surface area (Å²) in [5, 5.41) is 0. The van der Waals surface area contributed by atoms with Crippen LogP contribution in [0.2, 0.25) is 0 Å². The SMILES string of the molecule is CCC[N+](C)=C=NCCCN. The van der Waals surface area contributed by atoms with Gasteiger partial charge in [-0.3, -0.25) is 0 Å². The summed E-state index contributed by atoms with van der Waals surface area (Å²) in [6.45, 7) is 4.66. The van der Waals surface area contributed by atoms with Gasteiger partial charge in [0.1, 0.15) is 6.54 Å². The first-order valence-electron chi connectivity index (χ1n) is 4.14. The number of hydrogen-bond donors (Lipinski definition) is 1. The highest BCUT2D eigenvalue weighted by atomic mass is 15.0. The Morgan fingerprint density at radius 3 is 2.82 bits per heavy atom. The van der Waals surface area contributed by atoms with Crippen molar-refractivity contribution in [3.8, 4) is 0 Å². The molecule has 3 heteroatoms. The van der Waals surface area contributed by atoms with E-state index in [-0.39, 0.29) is 0 Å². The third-order valence-electron chi connectivity index (χ3n) is 1.27. The summed E-state index contributed by atoms with van der Waals surface area (Å²) in [6, 6.07) is 2.92. The molecule has 11 heavy (non-hydrogen) atoms. The van der Waals surface area contributed by atoms with Gasteiger partial charge in [0.25, 0.3) is 0 Å². The van der Waals surface area contributed by atoms with E-state index in [0.29, 0.717) is 6.54 Å². The molecule has 0 bridgehead atoms. The maximum Gasteiger partial charge on any atom is 0.306 e. The Balaban J connectivity index is 3.57. The third kappa shape index (κ3) is 7.23. The second-order valence-electron chi connectivity index (χ2n) is 2.55. The van der Waals surface area contributed by atoms with Crippen molar-refractivity contribution in [3.05, 3.63) is 0 Å². The second-order valence-corrected chi connectivity index (χ2v) is 2.55. The molecule has 0 fully saturated rings. The van der Waals surface area contributed by atoms with E-state index in [1.165, 1.54) is 0 Å². The van der Waals surface area contributed by atoms with E-state index in [0.717, 1.165) is 25.9 Å². The predicted octanol–water partition coefficient (Wildman–Crippen LogP) is 0.561. The Morgan fingerprint density at radius 2 is 2.27 bits per heavy atom. The van der Waals surface area contributed by atoms with Crippen LogP contribution in [0.1, 0.15) is 19.8 Å². The first kappa shape index (κ1) is 10.3. The summed E-state index contributed by atoms with van der Waals surface area (Å²) in [5.41, 5.74) is 5.30. The highest BCUT2D eigenvalue weighted by Gasteiger charge is 1.87. The average molecular weight is 156 g/mol. The van der Waals surface area contributed by atoms with Crippen molar-refractivity contribution in [2.24, 2.45) is 10.7 Å². The molecule has 0 aliphatic rings. The highest BCUT2D eigenvalue weighted by molar-refractivity contribution is 5.33. The van der Waals surface area contributed by atoms with Crippen LogP contribution in [0.25, 0.3) is 0 Å². The van der Waals surface area contributed by atoms with Gasteiger partial charge in [-0.2, -0.15) is 0 Å². The molecule has 3 nitrogen and oxygen atoms in total. The van der Waals surface area contributed by atoms with E-state index in [2.05, 4.69) is 17.9 Å². The lowest BCUT2D eigenvalue weighted by Crippen LogP contribution is -2.05. The second kappa shape index (κ2) is 7.45. The maximum absolute atomic E-state index is 5.30. The summed E-state index contributed by atoms with van der Waals surface area (Å²) in [5.74, 6) is 0. The van der Waals surface area contributed by atoms with Gasteiger partial charge in [-0.15, -0.1) is 0 Å². The molecule has 0 saturated carbocycles. The Bertz CT molecular complexity index is 145. The van der Waals surface area contributed by atoms with Gasteiger partial charge in [0, 0.05) is 6.42 Å². The first-order valence-corrected chi connectivity index (χ1v) is 4.14. The van der Waals surface area contributed by atoms with E-state index in [1.54, 1.807) is 0 Å². The van der Waals surface area contributed by atoms with Crippen molar-refractivity contribution in [2.45, 2.75) is 19.8 Å². The van der Waals surface area contributed by atoms with Crippen LogP contribution in [0.5, 0.6) is 0 Å². The molecule has 0 atom stereocenters. The molecule has 2 N–H and O–H groups in total. The molecule has 0 rings (SSSR count). The molecule has 0 unspecified atom stereocenters. The van der Waals surface area contributed by atoms with Crippen LogP contribution in [0.15, 0.2) is 4.99 Å². The zero-order valence-electron chi connectivity index (χ0n) is 7.51. The monoisotopic (exact) mass is 156 g/mol. The average Bonchev–Trinajstić information content (AvgIpc) is 1.99. The molecule has 0 aliphatic heterocycles. The van der Waals surface area contributed by atoms with Gasteiger partial charge < -0.3 is 5.73 Å². The largest absolute Gasteiger partial charge is 0.330 e. The lowest BCUT2D eigenvalue weighted by Gasteiger charge is -1.87. The molecule has 0 amide bonds. The Labute approximate surface area is 68.6 Å². The molecular formula is C8H18N3+. The number of aliphatic imine (C=N–C) groups is 1. The van der Waals surface area contributed by atoms with E-state index in [4.69, 9.17) is 5.73 Å². The predicted molar refractivity (Wildman–Crippen MR) is 47.3 cm³/mol. The van der Waals surface area contributed by atoms with Crippen LogP contribution in [0.3, 0.4) is 0 Å². The fourth-order valence-electron chi connectivity index (χ4n) is 0.726. The van der Waals surface area contributed by atoms with Crippen LogP contribution in [-0.2, 0) is 0 Å². The summed E-state index contributed by atoms with van der Waals surface area (Å²) in [4.78, 5) is 4.08. The van der Waals surface area contributed by atoms with Crippen LogP contribution in [0, 0.1) is 0 Å². The van der Waals surface area contributed by atoms with Crippen LogP contribution in [-0.4, -0.2) is 37.3 Å². The lowest BCUT2D eigenvalue weighted by molar-refractivity contribution is -0.490. The minimum atomic E-state index is 0.711. The van der Waals surface area contributed by atoms with E-state index < -0.39 is 0 Å². The van der Waals surface area contributed by atoms with E-state index >= 15 is 0 Å². The Kier molecular flexibility index (Phi) is 7.00. The molecule has 0 radical (unpaired) electrons. The molecule has 0 aromatic carbocycles. The van der Waals surface area contributed by atoms with Crippen molar-refractivity contribution in [1.82, 2.24) is 0 Å². The van der Waals surface area contributed by atoms with Gasteiger partial charge in [-0.1, -0.05) is 6.92 Å². The molecule has 64 valence electrons. The first-order chi connectivity index (χ1) is 5.31. The smallest absolute Gasteiger partial charge is 0.306 e. The number of nitrogens with two attached hydrogens (primary N) is 1. The minimum absolute atomic E-state index is 0.711. The Hall–Kier alpha value is -0.660. The molecular weight excluding hydrogens is 138 g/mol. The fraction of sp³-hybridized carbons (Fsp3) is 0.875. The maximum atomic E-state index is 5.30. The summed E-state index contributed by atoms with van der Waals surface area (Å²) in [7, 11) is 1.98. The number of hydrogen-bond acceptors (Lipinski definition) is 2. The topological polar surface area (TPSA) is 41.4 Å². The van der Waals surface area contributed by atoms with Crippen LogP contribution >= 0.6 is 0 Å². The van der Waals surface area contributed by atoms with Crippen molar-refractivity contribution < 1.29 is 4.58 Å². The summed E-state index contributed by atoms with van der Waals surface area (Å²) >= 11 is 0. The standard InChI is InChI=1S/C8H18N3/c1-3-7-11(2)8-10-6-4-5-9/h3-7,9H2,1-2H3/q+1. The number of nitrogens with zero attached hydrogens (tertiary/aromatic N) is 2. The van der Waals surface area contributed by atoms with Crippen molar-refractivity contribution in [2.75, 3.05) is 26.7 Å². The molecule has 0 saturated heterocycles. The Morgan fingerprint density at radius 1 is 1.55 bits per heavy atom. The molecule has 0 aromatic heterocycles. The van der Waals surface area contributed by atoms with Crippen LogP contribution < -0.4 is 5.73 Å². The van der Waals surface area contributed by atoms with E-state index in [9.17, 15) is 0 Å². The van der Waals surface area contributed by atoms with Crippen molar-refractivity contribution >= 4 is 6.01 Å². The normalized spacial score (nSPS) is 9.00. The van der Waals surface area contributed by atoms with Gasteiger partial charge >= 0.3 is 6.01 Å². The third-order valence-corrected chi connectivity index (χ3v) is 1.27. The van der Waals surface area contributed by atoms with Crippen LogP contribution in [0.4, 0.5) is 0 Å². The minimum Gasteiger partial charge on any atom is -0.330 e. The molecule has 0 aromatic rings. The van der Waals surface area contributed by atoms with Crippen molar-refractivity contribution in [3.63, 3.8) is 0 Å². The molecule has 0 heterocycles. The van der Waals surface area contributed by atoms with Crippen molar-refractivity contribution in [1.29, 1.82) is 0 Å². The highest BCUT2D eigenvalue weighted by Crippen LogP contribution is 1.76.